The molecule has 0 bridgehead atoms. The molecular formula is C27H28N4O3S. The normalized spacial score (nSPS) is 11.3. The predicted octanol–water partition coefficient (Wildman–Crippen LogP) is 4.37. The lowest BCUT2D eigenvalue weighted by Gasteiger charge is -2.19. The summed E-state index contributed by atoms with van der Waals surface area (Å²) < 4.78 is 29.2. The Bertz CT molecular complexity index is 1400. The van der Waals surface area contributed by atoms with Gasteiger partial charge in [-0.2, -0.15) is 5.10 Å². The van der Waals surface area contributed by atoms with Gasteiger partial charge in [0.15, 0.2) is 0 Å². The maximum absolute atomic E-state index is 13.0. The summed E-state index contributed by atoms with van der Waals surface area (Å²) in [4.78, 5) is 12.8. The van der Waals surface area contributed by atoms with Crippen molar-refractivity contribution in [2.45, 2.75) is 24.7 Å². The Hall–Kier alpha value is -3.91. The van der Waals surface area contributed by atoms with Crippen LogP contribution in [0.25, 0.3) is 5.69 Å². The summed E-state index contributed by atoms with van der Waals surface area (Å²) in [7, 11) is -2.29. The van der Waals surface area contributed by atoms with Gasteiger partial charge in [-0.1, -0.05) is 42.5 Å². The van der Waals surface area contributed by atoms with E-state index in [0.29, 0.717) is 17.8 Å². The zero-order valence-electron chi connectivity index (χ0n) is 19.8. The average Bonchev–Trinajstić information content (AvgIpc) is 3.27. The smallest absolute Gasteiger partial charge is 0.264 e. The number of carbonyl (C=O) groups excluding carboxylic acids is 1. The molecule has 0 saturated carbocycles. The molecule has 180 valence electrons. The number of benzene rings is 3. The third kappa shape index (κ3) is 5.60. The second kappa shape index (κ2) is 10.6. The molecule has 0 aliphatic carbocycles. The largest absolute Gasteiger partial charge is 0.352 e. The number of nitrogens with zero attached hydrogens (tertiary/aromatic N) is 3. The summed E-state index contributed by atoms with van der Waals surface area (Å²) in [6.45, 7) is 2.45. The topological polar surface area (TPSA) is 84.3 Å². The minimum absolute atomic E-state index is 0.0699. The van der Waals surface area contributed by atoms with E-state index < -0.39 is 10.0 Å². The van der Waals surface area contributed by atoms with Gasteiger partial charge in [-0.05, 0) is 67.8 Å². The maximum Gasteiger partial charge on any atom is 0.264 e. The molecule has 0 aliphatic heterocycles. The standard InChI is InChI=1S/C27H28N4O3S/c1-21-23(20-31(29-21)25-15-7-4-8-16-25)12-10-18-28-27(32)22-11-9-17-26(19-22)35(33,34)30(2)24-13-5-3-6-14-24/h3-9,11,13-17,19-20H,10,12,18H2,1-2H3,(H,28,32). The number of nitrogens with one attached hydrogen (secondary N) is 1. The molecule has 1 aromatic heterocycles. The van der Waals surface area contributed by atoms with Crippen molar-refractivity contribution >= 4 is 21.6 Å². The molecule has 0 spiro atoms. The minimum Gasteiger partial charge on any atom is -0.352 e. The SMILES string of the molecule is Cc1nn(-c2ccccc2)cc1CCCNC(=O)c1cccc(S(=O)(=O)N(C)c2ccccc2)c1. The van der Waals surface area contributed by atoms with Crippen molar-refractivity contribution in [2.24, 2.45) is 0 Å². The summed E-state index contributed by atoms with van der Waals surface area (Å²) in [5.41, 5.74) is 3.94. The van der Waals surface area contributed by atoms with E-state index in [9.17, 15) is 13.2 Å². The van der Waals surface area contributed by atoms with E-state index in [4.69, 9.17) is 0 Å². The molecule has 1 amide bonds. The van der Waals surface area contributed by atoms with Crippen molar-refractivity contribution < 1.29 is 13.2 Å². The molecule has 0 saturated heterocycles. The number of sulfonamides is 1. The molecule has 0 atom stereocenters. The van der Waals surface area contributed by atoms with E-state index in [0.717, 1.165) is 29.8 Å². The fourth-order valence-electron chi connectivity index (χ4n) is 3.77. The van der Waals surface area contributed by atoms with Crippen LogP contribution < -0.4 is 9.62 Å². The number of anilines is 1. The van der Waals surface area contributed by atoms with Crippen LogP contribution in [-0.4, -0.2) is 37.7 Å². The molecule has 0 fully saturated rings. The number of carbonyl (C=O) groups is 1. The van der Waals surface area contributed by atoms with Crippen LogP contribution in [0.2, 0.25) is 0 Å². The van der Waals surface area contributed by atoms with Crippen LogP contribution in [-0.2, 0) is 16.4 Å². The number of amides is 1. The van der Waals surface area contributed by atoms with Gasteiger partial charge in [0.1, 0.15) is 0 Å². The first kappa shape index (κ1) is 24.2. The molecular weight excluding hydrogens is 460 g/mol. The predicted molar refractivity (Wildman–Crippen MR) is 137 cm³/mol. The van der Waals surface area contributed by atoms with Crippen LogP contribution in [0.4, 0.5) is 5.69 Å². The fourth-order valence-corrected chi connectivity index (χ4v) is 5.01. The Kier molecular flexibility index (Phi) is 7.31. The molecule has 4 rings (SSSR count). The molecule has 0 radical (unpaired) electrons. The zero-order chi connectivity index (χ0) is 24.8. The van der Waals surface area contributed by atoms with Gasteiger partial charge >= 0.3 is 0 Å². The van der Waals surface area contributed by atoms with Gasteiger partial charge < -0.3 is 5.32 Å². The first-order valence-corrected chi connectivity index (χ1v) is 12.8. The van der Waals surface area contributed by atoms with E-state index in [1.54, 1.807) is 36.4 Å². The number of para-hydroxylation sites is 2. The van der Waals surface area contributed by atoms with Gasteiger partial charge in [-0.25, -0.2) is 13.1 Å². The van der Waals surface area contributed by atoms with E-state index >= 15 is 0 Å². The van der Waals surface area contributed by atoms with Crippen LogP contribution in [0.3, 0.4) is 0 Å². The lowest BCUT2D eigenvalue weighted by atomic mass is 10.1. The Morgan fingerprint density at radius 3 is 2.37 bits per heavy atom. The molecule has 0 unspecified atom stereocenters. The van der Waals surface area contributed by atoms with Gasteiger partial charge in [0, 0.05) is 25.4 Å². The van der Waals surface area contributed by atoms with Gasteiger partial charge in [0.05, 0.1) is 22.0 Å². The first-order chi connectivity index (χ1) is 16.9. The van der Waals surface area contributed by atoms with E-state index in [-0.39, 0.29) is 10.8 Å². The highest BCUT2D eigenvalue weighted by atomic mass is 32.2. The summed E-state index contributed by atoms with van der Waals surface area (Å²) in [6.07, 6.45) is 3.53. The van der Waals surface area contributed by atoms with Crippen molar-refractivity contribution in [1.29, 1.82) is 0 Å². The van der Waals surface area contributed by atoms with Crippen LogP contribution >= 0.6 is 0 Å². The summed E-state index contributed by atoms with van der Waals surface area (Å²) in [5, 5.41) is 7.47. The number of hydrogen-bond acceptors (Lipinski definition) is 4. The highest BCUT2D eigenvalue weighted by Gasteiger charge is 2.22. The molecule has 3 aromatic carbocycles. The van der Waals surface area contributed by atoms with Crippen molar-refractivity contribution in [3.8, 4) is 5.69 Å². The summed E-state index contributed by atoms with van der Waals surface area (Å²) >= 11 is 0. The molecule has 1 N–H and O–H groups in total. The second-order valence-corrected chi connectivity index (χ2v) is 10.2. The molecule has 35 heavy (non-hydrogen) atoms. The molecule has 8 heteroatoms. The third-order valence-corrected chi connectivity index (χ3v) is 7.59. The number of rotatable bonds is 9. The van der Waals surface area contributed by atoms with Crippen LogP contribution in [0.15, 0.2) is 96.0 Å². The van der Waals surface area contributed by atoms with Crippen LogP contribution in [0, 0.1) is 6.92 Å². The van der Waals surface area contributed by atoms with Gasteiger partial charge in [-0.3, -0.25) is 9.10 Å². The van der Waals surface area contributed by atoms with E-state index in [1.165, 1.54) is 23.5 Å². The second-order valence-electron chi connectivity index (χ2n) is 8.22. The quantitative estimate of drug-likeness (QED) is 0.355. The highest BCUT2D eigenvalue weighted by molar-refractivity contribution is 7.92. The third-order valence-electron chi connectivity index (χ3n) is 5.80. The fraction of sp³-hybridized carbons (Fsp3) is 0.185. The monoisotopic (exact) mass is 488 g/mol. The molecule has 7 nitrogen and oxygen atoms in total. The van der Waals surface area contributed by atoms with Crippen molar-refractivity contribution in [3.05, 3.63) is 108 Å². The highest BCUT2D eigenvalue weighted by Crippen LogP contribution is 2.22. The van der Waals surface area contributed by atoms with Gasteiger partial charge in [0.25, 0.3) is 15.9 Å². The number of hydrogen-bond donors (Lipinski definition) is 1. The average molecular weight is 489 g/mol. The Labute approximate surface area is 206 Å². The number of aromatic nitrogens is 2. The molecule has 0 aliphatic rings. The Morgan fingerprint density at radius 2 is 1.66 bits per heavy atom. The lowest BCUT2D eigenvalue weighted by Crippen LogP contribution is -2.28. The molecule has 4 aromatic rings. The van der Waals surface area contributed by atoms with Gasteiger partial charge in [-0.15, -0.1) is 0 Å². The minimum atomic E-state index is -3.79. The van der Waals surface area contributed by atoms with Crippen molar-refractivity contribution in [2.75, 3.05) is 17.9 Å². The van der Waals surface area contributed by atoms with E-state index in [2.05, 4.69) is 10.4 Å². The first-order valence-electron chi connectivity index (χ1n) is 11.4. The Balaban J connectivity index is 1.36. The summed E-state index contributed by atoms with van der Waals surface area (Å²) in [6, 6.07) is 24.9. The van der Waals surface area contributed by atoms with Gasteiger partial charge in [0.2, 0.25) is 0 Å². The van der Waals surface area contributed by atoms with E-state index in [1.807, 2.05) is 54.2 Å². The van der Waals surface area contributed by atoms with Crippen molar-refractivity contribution in [1.82, 2.24) is 15.1 Å². The molecule has 1 heterocycles. The van der Waals surface area contributed by atoms with Crippen molar-refractivity contribution in [3.63, 3.8) is 0 Å². The zero-order valence-corrected chi connectivity index (χ0v) is 20.6. The Morgan fingerprint density at radius 1 is 0.971 bits per heavy atom. The summed E-state index contributed by atoms with van der Waals surface area (Å²) in [5.74, 6) is -0.305. The lowest BCUT2D eigenvalue weighted by molar-refractivity contribution is 0.0953. The van der Waals surface area contributed by atoms with Crippen LogP contribution in [0.5, 0.6) is 0 Å². The number of aryl methyl sites for hydroxylation is 2. The maximum atomic E-state index is 13.0. The van der Waals surface area contributed by atoms with Crippen LogP contribution in [0.1, 0.15) is 28.0 Å².